The van der Waals surface area contributed by atoms with Crippen LogP contribution in [0, 0.1) is 5.82 Å². The monoisotopic (exact) mass is 597 g/mol. The number of halogens is 2. The molecule has 216 valence electrons. The molecule has 10 nitrogen and oxygen atoms in total. The normalized spacial score (nSPS) is 23.2. The van der Waals surface area contributed by atoms with Gasteiger partial charge in [0.2, 0.25) is 15.3 Å². The van der Waals surface area contributed by atoms with Crippen LogP contribution in [-0.4, -0.2) is 54.5 Å². The molecular weight excluding hydrogens is 568 g/mol. The van der Waals surface area contributed by atoms with E-state index in [2.05, 4.69) is 15.0 Å². The lowest BCUT2D eigenvalue weighted by molar-refractivity contribution is 0.0938. The van der Waals surface area contributed by atoms with Crippen LogP contribution in [0.15, 0.2) is 53.6 Å². The van der Waals surface area contributed by atoms with E-state index < -0.39 is 56.2 Å². The lowest BCUT2D eigenvalue weighted by atomic mass is 10.1. The van der Waals surface area contributed by atoms with Crippen LogP contribution >= 0.6 is 0 Å². The second-order valence-electron chi connectivity index (χ2n) is 10.1. The van der Waals surface area contributed by atoms with Crippen molar-refractivity contribution in [1.82, 2.24) is 20.3 Å². The number of nitrogens with zero attached hydrogens (tertiary/aromatic N) is 4. The molecule has 1 saturated carbocycles. The fourth-order valence-electron chi connectivity index (χ4n) is 4.84. The van der Waals surface area contributed by atoms with Crippen molar-refractivity contribution in [2.45, 2.75) is 42.3 Å². The number of benzene rings is 1. The molecular formula is C29H25F2N5O5S. The number of aromatic nitrogens is 3. The van der Waals surface area contributed by atoms with Gasteiger partial charge < -0.3 is 19.7 Å². The van der Waals surface area contributed by atoms with Gasteiger partial charge in [0.05, 0.1) is 47.8 Å². The van der Waals surface area contributed by atoms with Gasteiger partial charge in [-0.05, 0) is 55.3 Å². The summed E-state index contributed by atoms with van der Waals surface area (Å²) < 4.78 is 96.6. The molecule has 0 radical (unpaired) electrons. The molecule has 13 heteroatoms. The lowest BCUT2D eigenvalue weighted by Gasteiger charge is -2.29. The highest BCUT2D eigenvalue weighted by Crippen LogP contribution is 2.42. The molecule has 1 N–H and O–H groups in total. The van der Waals surface area contributed by atoms with E-state index in [0.29, 0.717) is 59.8 Å². The van der Waals surface area contributed by atoms with Crippen molar-refractivity contribution in [3.63, 3.8) is 0 Å². The molecule has 7 rings (SSSR count). The topological polar surface area (TPSA) is 124 Å². The van der Waals surface area contributed by atoms with Gasteiger partial charge >= 0.3 is 0 Å². The molecule has 3 aliphatic rings. The van der Waals surface area contributed by atoms with Gasteiger partial charge in [0.25, 0.3) is 5.91 Å². The Morgan fingerprint density at radius 3 is 2.86 bits per heavy atom. The molecule has 4 aromatic rings. The first-order chi connectivity index (χ1) is 21.7. The molecule has 3 aromatic heterocycles. The molecule has 0 bridgehead atoms. The third kappa shape index (κ3) is 4.81. The summed E-state index contributed by atoms with van der Waals surface area (Å²) in [5, 5.41) is 3.22. The van der Waals surface area contributed by atoms with Crippen LogP contribution in [0.1, 0.15) is 51.6 Å². The number of hydrogen-bond acceptors (Lipinski definition) is 9. The summed E-state index contributed by atoms with van der Waals surface area (Å²) in [7, 11) is -5.31. The maximum atomic E-state index is 15.1. The largest absolute Gasteiger partial charge is 0.488 e. The highest BCUT2D eigenvalue weighted by Gasteiger charge is 2.35. The summed E-state index contributed by atoms with van der Waals surface area (Å²) >= 11 is 0. The van der Waals surface area contributed by atoms with E-state index >= 15 is 4.39 Å². The number of sulfone groups is 1. The van der Waals surface area contributed by atoms with Crippen molar-refractivity contribution >= 4 is 38.3 Å². The zero-order valence-electron chi connectivity index (χ0n) is 25.8. The number of anilines is 2. The number of rotatable bonds is 5. The smallest absolute Gasteiger partial charge is 0.251 e. The van der Waals surface area contributed by atoms with Gasteiger partial charge in [-0.3, -0.25) is 9.78 Å². The van der Waals surface area contributed by atoms with E-state index in [-0.39, 0.29) is 6.54 Å². The van der Waals surface area contributed by atoms with Gasteiger partial charge in [0, 0.05) is 34.3 Å². The number of nitrogens with one attached hydrogen (secondary N) is 1. The molecule has 1 atom stereocenters. The van der Waals surface area contributed by atoms with E-state index in [1.165, 1.54) is 0 Å². The molecule has 2 aliphatic heterocycles. The van der Waals surface area contributed by atoms with Gasteiger partial charge in [-0.2, -0.15) is 0 Å². The summed E-state index contributed by atoms with van der Waals surface area (Å²) in [6.45, 7) is -6.18. The number of hydrogen-bond donors (Lipinski definition) is 1. The highest BCUT2D eigenvalue weighted by molar-refractivity contribution is 7.92. The molecule has 0 unspecified atom stereocenters. The maximum Gasteiger partial charge on any atom is 0.251 e. The van der Waals surface area contributed by atoms with Gasteiger partial charge in [0.15, 0.2) is 11.6 Å². The Hall–Kier alpha value is -4.23. The Morgan fingerprint density at radius 2 is 2.02 bits per heavy atom. The minimum absolute atomic E-state index is 0.183. The van der Waals surface area contributed by atoms with Crippen molar-refractivity contribution in [1.29, 1.82) is 0 Å². The minimum atomic E-state index is -5.31. The predicted molar refractivity (Wildman–Crippen MR) is 148 cm³/mol. The van der Waals surface area contributed by atoms with Crippen LogP contribution in [0.4, 0.5) is 20.4 Å². The molecule has 5 heterocycles. The lowest BCUT2D eigenvalue weighted by Crippen LogP contribution is -2.30. The Morgan fingerprint density at radius 1 is 1.17 bits per heavy atom. The van der Waals surface area contributed by atoms with Crippen LogP contribution in [0.3, 0.4) is 0 Å². The number of fused-ring (bicyclic) bond motifs is 3. The summed E-state index contributed by atoms with van der Waals surface area (Å²) in [5.74, 6) is -0.0355. The van der Waals surface area contributed by atoms with Crippen LogP contribution in [0.2, 0.25) is 0 Å². The summed E-state index contributed by atoms with van der Waals surface area (Å²) in [4.78, 5) is 27.7. The molecule has 1 fully saturated rings. The molecule has 1 amide bonds. The van der Waals surface area contributed by atoms with Crippen LogP contribution in [-0.2, 0) is 27.7 Å². The highest BCUT2D eigenvalue weighted by atomic mass is 32.2. The maximum absolute atomic E-state index is 15.1. The molecule has 1 aromatic carbocycles. The van der Waals surface area contributed by atoms with Crippen molar-refractivity contribution in [2.75, 3.05) is 24.6 Å². The number of carbonyl (C=O) groups is 1. The van der Waals surface area contributed by atoms with E-state index in [9.17, 15) is 17.6 Å². The predicted octanol–water partition coefficient (Wildman–Crippen LogP) is 4.10. The number of ether oxygens (including phenoxy) is 2. The Kier molecular flexibility index (Phi) is 5.46. The number of amides is 1. The second-order valence-corrected chi connectivity index (χ2v) is 12.0. The SMILES string of the molecule is [2H]C1([2H])OC([2H])([2H])[C@H](F)S(=O)(=O)c2cc(C(=O)NCc3cc4nc(N5CCOc6ccc(C7CC7)nc65)ccc4cn3)cc(F)c21. The van der Waals surface area contributed by atoms with Crippen molar-refractivity contribution in [3.8, 4) is 5.75 Å². The van der Waals surface area contributed by atoms with E-state index in [1.54, 1.807) is 12.3 Å². The fraction of sp³-hybridized carbons (Fsp3) is 0.310. The van der Waals surface area contributed by atoms with Gasteiger partial charge in [0.1, 0.15) is 18.2 Å². The first kappa shape index (κ1) is 22.4. The van der Waals surface area contributed by atoms with Crippen molar-refractivity contribution < 1.29 is 36.9 Å². The first-order valence-electron chi connectivity index (χ1n) is 15.1. The third-order valence-corrected chi connectivity index (χ3v) is 8.78. The standard InChI is InChI=1S/C29H25F2N5O5S/c30-21-9-18(10-25-20(21)14-40-15-26(31)42(25,38)39)29(37)33-13-19-11-23-17(12-32-19)3-6-27(34-23)36-7-8-41-24-5-4-22(16-1-2-16)35-28(24)36/h3-6,9-12,16,26H,1-2,7-8,13-15H2,(H,33,37)/t26-/m1/s1/i14D2,15D2. The van der Waals surface area contributed by atoms with Gasteiger partial charge in [-0.1, -0.05) is 0 Å². The van der Waals surface area contributed by atoms with Gasteiger partial charge in [-0.15, -0.1) is 0 Å². The average molecular weight is 598 g/mol. The third-order valence-electron chi connectivity index (χ3n) is 7.21. The Labute approximate surface area is 245 Å². The fourth-order valence-corrected chi connectivity index (χ4v) is 5.96. The second kappa shape index (κ2) is 10.2. The number of pyridine rings is 3. The van der Waals surface area contributed by atoms with Crippen LogP contribution < -0.4 is 15.0 Å². The number of alkyl halides is 1. The molecule has 1 aliphatic carbocycles. The van der Waals surface area contributed by atoms with Crippen LogP contribution in [0.5, 0.6) is 5.75 Å². The number of carbonyl (C=O) groups excluding carboxylic acids is 1. The zero-order chi connectivity index (χ0) is 32.6. The quantitative estimate of drug-likeness (QED) is 0.362. The van der Waals surface area contributed by atoms with Crippen molar-refractivity contribution in [2.24, 2.45) is 0 Å². The summed E-state index contributed by atoms with van der Waals surface area (Å²) in [5.41, 5.74) is -3.22. The zero-order valence-corrected chi connectivity index (χ0v) is 22.6. The van der Waals surface area contributed by atoms with E-state index in [0.717, 1.165) is 23.9 Å². The van der Waals surface area contributed by atoms with E-state index in [4.69, 9.17) is 20.2 Å². The Balaban J connectivity index is 1.14. The molecule has 0 saturated heterocycles. The average Bonchev–Trinajstić information content (AvgIpc) is 3.87. The minimum Gasteiger partial charge on any atom is -0.488 e. The van der Waals surface area contributed by atoms with E-state index in [1.807, 2.05) is 29.2 Å². The molecule has 42 heavy (non-hydrogen) atoms. The van der Waals surface area contributed by atoms with Gasteiger partial charge in [-0.25, -0.2) is 27.2 Å². The Bertz CT molecular complexity index is 2030. The summed E-state index contributed by atoms with van der Waals surface area (Å²) in [6.07, 6.45) is 3.78. The van der Waals surface area contributed by atoms with Crippen LogP contribution in [0.25, 0.3) is 10.9 Å². The molecule has 0 spiro atoms. The summed E-state index contributed by atoms with van der Waals surface area (Å²) in [6, 6.07) is 10.5. The first-order valence-corrected chi connectivity index (χ1v) is 14.7. The van der Waals surface area contributed by atoms with Crippen molar-refractivity contribution in [3.05, 3.63) is 77.0 Å².